The Hall–Kier alpha value is -2.06. The normalized spacial score (nSPS) is 15.6. The number of Topliss-reactive ketones (excluding diaryl/α,β-unsaturated/α-hetero) is 1. The Bertz CT molecular complexity index is 830. The van der Waals surface area contributed by atoms with Crippen LogP contribution in [0.25, 0.3) is 0 Å². The van der Waals surface area contributed by atoms with E-state index in [1.54, 1.807) is 0 Å². The molecule has 0 amide bonds. The maximum atomic E-state index is 14.1. The largest absolute Gasteiger partial charge is 0.460 e. The molecule has 15 heteroatoms. The summed E-state index contributed by atoms with van der Waals surface area (Å²) < 4.78 is 176. The van der Waals surface area contributed by atoms with Gasteiger partial charge < -0.3 is 4.74 Å². The number of hydrogen-bond donors (Lipinski definition) is 0. The van der Waals surface area contributed by atoms with Crippen molar-refractivity contribution in [3.63, 3.8) is 0 Å². The van der Waals surface area contributed by atoms with Crippen LogP contribution in [0.5, 0.6) is 0 Å². The molecule has 0 radical (unpaired) electrons. The number of halogens is 13. The molecule has 1 atom stereocenters. The van der Waals surface area contributed by atoms with Crippen molar-refractivity contribution < 1.29 is 66.6 Å². The van der Waals surface area contributed by atoms with Crippen LogP contribution in [-0.4, -0.2) is 48.7 Å². The van der Waals surface area contributed by atoms with Crippen LogP contribution in [0.3, 0.4) is 0 Å². The van der Waals surface area contributed by atoms with Crippen LogP contribution in [-0.2, 0) is 4.74 Å². The van der Waals surface area contributed by atoms with E-state index in [0.717, 1.165) is 25.1 Å². The monoisotopic (exact) mass is 496 g/mol. The lowest BCUT2D eigenvalue weighted by atomic mass is 9.89. The van der Waals surface area contributed by atoms with Crippen molar-refractivity contribution in [3.05, 3.63) is 35.4 Å². The van der Waals surface area contributed by atoms with E-state index in [4.69, 9.17) is 0 Å². The van der Waals surface area contributed by atoms with E-state index in [-0.39, 0.29) is 0 Å². The molecule has 0 bridgehead atoms. The van der Waals surface area contributed by atoms with Gasteiger partial charge in [-0.15, -0.1) is 0 Å². The lowest BCUT2D eigenvalue weighted by Gasteiger charge is -2.40. The van der Waals surface area contributed by atoms with Crippen LogP contribution >= 0.6 is 0 Å². The third kappa shape index (κ3) is 4.27. The molecule has 0 heterocycles. The van der Waals surface area contributed by atoms with E-state index < -0.39 is 65.2 Å². The average Bonchev–Trinajstić information content (AvgIpc) is 2.64. The Kier molecular flexibility index (Phi) is 7.32. The first-order valence-corrected chi connectivity index (χ1v) is 8.18. The van der Waals surface area contributed by atoms with Crippen LogP contribution in [0.1, 0.15) is 35.4 Å². The van der Waals surface area contributed by atoms with Gasteiger partial charge in [0, 0.05) is 19.1 Å². The molecular weight excluding hydrogens is 483 g/mol. The third-order valence-corrected chi connectivity index (χ3v) is 4.41. The molecule has 0 saturated carbocycles. The number of rotatable bonds is 9. The smallest absolute Gasteiger partial charge is 0.377 e. The number of methoxy groups -OCH3 is 1. The van der Waals surface area contributed by atoms with Gasteiger partial charge in [-0.1, -0.05) is 24.3 Å². The van der Waals surface area contributed by atoms with Gasteiger partial charge >= 0.3 is 35.8 Å². The summed E-state index contributed by atoms with van der Waals surface area (Å²) in [7, 11) is 0.584. The Morgan fingerprint density at radius 1 is 0.781 bits per heavy atom. The SMILES string of the molecule is COC(CC(F)(F)C(F)(F)C(F)(F)C(F)(F)C(F)(F)C(F)(F)F)c1ccccc1C(C)=O. The number of alkyl halides is 13. The molecule has 0 aromatic heterocycles. The van der Waals surface area contributed by atoms with Gasteiger partial charge in [0.25, 0.3) is 0 Å². The molecule has 0 aliphatic rings. The first-order valence-electron chi connectivity index (χ1n) is 8.18. The Morgan fingerprint density at radius 2 is 1.22 bits per heavy atom. The summed E-state index contributed by atoms with van der Waals surface area (Å²) in [6.45, 7) is 0.895. The van der Waals surface area contributed by atoms with Gasteiger partial charge in [-0.2, -0.15) is 57.1 Å². The number of ether oxygens (including phenoxy) is 1. The van der Waals surface area contributed by atoms with Crippen molar-refractivity contribution in [2.75, 3.05) is 7.11 Å². The van der Waals surface area contributed by atoms with Crippen molar-refractivity contribution >= 4 is 5.78 Å². The number of ketones is 1. The molecule has 32 heavy (non-hydrogen) atoms. The second-order valence-corrected chi connectivity index (χ2v) is 6.57. The number of carbonyl (C=O) groups excluding carboxylic acids is 1. The maximum Gasteiger partial charge on any atom is 0.460 e. The summed E-state index contributed by atoms with van der Waals surface area (Å²) in [5.41, 5.74) is -0.993. The van der Waals surface area contributed by atoms with E-state index in [0.29, 0.717) is 7.11 Å². The Balaban J connectivity index is 3.50. The fourth-order valence-electron chi connectivity index (χ4n) is 2.58. The zero-order chi connectivity index (χ0) is 25.6. The summed E-state index contributed by atoms with van der Waals surface area (Å²) in [6.07, 6.45) is -12.4. The molecule has 1 aromatic carbocycles. The predicted octanol–water partition coefficient (Wildman–Crippen LogP) is 6.71. The zero-order valence-electron chi connectivity index (χ0n) is 15.8. The molecule has 2 nitrogen and oxygen atoms in total. The Morgan fingerprint density at radius 3 is 1.62 bits per heavy atom. The van der Waals surface area contributed by atoms with Gasteiger partial charge in [0.15, 0.2) is 5.78 Å². The molecule has 1 aromatic rings. The maximum absolute atomic E-state index is 14.1. The van der Waals surface area contributed by atoms with Gasteiger partial charge in [0.05, 0.1) is 6.10 Å². The molecule has 1 unspecified atom stereocenters. The lowest BCUT2D eigenvalue weighted by molar-refractivity contribution is -0.440. The second-order valence-electron chi connectivity index (χ2n) is 6.57. The van der Waals surface area contributed by atoms with Crippen molar-refractivity contribution in [2.45, 2.75) is 55.2 Å². The molecule has 0 spiro atoms. The van der Waals surface area contributed by atoms with Gasteiger partial charge in [0.1, 0.15) is 0 Å². The summed E-state index contributed by atoms with van der Waals surface area (Å²) in [6, 6.07) is 4.13. The fraction of sp³-hybridized carbons (Fsp3) is 0.588. The molecule has 184 valence electrons. The first-order chi connectivity index (χ1) is 14.1. The van der Waals surface area contributed by atoms with Crippen LogP contribution in [0.4, 0.5) is 57.1 Å². The summed E-state index contributed by atoms with van der Waals surface area (Å²) in [5.74, 6) is -38.2. The highest BCUT2D eigenvalue weighted by atomic mass is 19.4. The fourth-order valence-corrected chi connectivity index (χ4v) is 2.58. The van der Waals surface area contributed by atoms with E-state index in [1.165, 1.54) is 6.07 Å². The quantitative estimate of drug-likeness (QED) is 0.281. The minimum absolute atomic E-state index is 0.417. The first kappa shape index (κ1) is 28.0. The van der Waals surface area contributed by atoms with Gasteiger partial charge in [0.2, 0.25) is 0 Å². The van der Waals surface area contributed by atoms with E-state index in [2.05, 4.69) is 4.74 Å². The van der Waals surface area contributed by atoms with Crippen LogP contribution in [0.2, 0.25) is 0 Å². The lowest BCUT2D eigenvalue weighted by Crippen LogP contribution is -2.70. The third-order valence-electron chi connectivity index (χ3n) is 4.41. The number of benzene rings is 1. The Labute approximate surface area is 171 Å². The van der Waals surface area contributed by atoms with E-state index in [9.17, 15) is 61.9 Å². The highest BCUT2D eigenvalue weighted by molar-refractivity contribution is 5.95. The summed E-state index contributed by atoms with van der Waals surface area (Å²) in [4.78, 5) is 11.5. The number of carbonyl (C=O) groups is 1. The summed E-state index contributed by atoms with van der Waals surface area (Å²) in [5, 5.41) is 0. The minimum Gasteiger partial charge on any atom is -0.377 e. The van der Waals surface area contributed by atoms with Gasteiger partial charge in [-0.3, -0.25) is 4.79 Å². The van der Waals surface area contributed by atoms with Crippen molar-refractivity contribution in [2.24, 2.45) is 0 Å². The molecule has 0 fully saturated rings. The van der Waals surface area contributed by atoms with Gasteiger partial charge in [-0.05, 0) is 12.5 Å². The standard InChI is InChI=1S/C17H13F13O2/c1-8(31)9-5-3-4-6-10(9)11(32-2)7-12(18,19)13(20,21)14(22,23)15(24,25)16(26,27)17(28,29)30/h3-6,11H,7H2,1-2H3. The highest BCUT2D eigenvalue weighted by Gasteiger charge is 2.90. The molecule has 0 saturated heterocycles. The molecule has 1 rings (SSSR count). The average molecular weight is 496 g/mol. The van der Waals surface area contributed by atoms with Crippen LogP contribution in [0.15, 0.2) is 24.3 Å². The highest BCUT2D eigenvalue weighted by Crippen LogP contribution is 2.61. The van der Waals surface area contributed by atoms with E-state index >= 15 is 0 Å². The van der Waals surface area contributed by atoms with Crippen molar-refractivity contribution in [1.29, 1.82) is 0 Å². The van der Waals surface area contributed by atoms with Crippen molar-refractivity contribution in [1.82, 2.24) is 0 Å². The number of hydrogen-bond acceptors (Lipinski definition) is 2. The van der Waals surface area contributed by atoms with Crippen molar-refractivity contribution in [3.8, 4) is 0 Å². The zero-order valence-corrected chi connectivity index (χ0v) is 15.8. The molecule has 0 N–H and O–H groups in total. The summed E-state index contributed by atoms with van der Waals surface area (Å²) >= 11 is 0. The predicted molar refractivity (Wildman–Crippen MR) is 81.6 cm³/mol. The van der Waals surface area contributed by atoms with Crippen LogP contribution < -0.4 is 0 Å². The van der Waals surface area contributed by atoms with Crippen LogP contribution in [0, 0.1) is 0 Å². The minimum atomic E-state index is -7.97. The van der Waals surface area contributed by atoms with Gasteiger partial charge in [-0.25, -0.2) is 0 Å². The molecule has 0 aliphatic carbocycles. The second kappa shape index (κ2) is 8.37. The molecular formula is C17H13F13O2. The topological polar surface area (TPSA) is 26.3 Å². The van der Waals surface area contributed by atoms with E-state index in [1.807, 2.05) is 0 Å². The molecule has 0 aliphatic heterocycles.